The van der Waals surface area contributed by atoms with E-state index in [2.05, 4.69) is 22.7 Å². The summed E-state index contributed by atoms with van der Waals surface area (Å²) in [5, 5.41) is 10.4. The maximum atomic E-state index is 11.5. The van der Waals surface area contributed by atoms with E-state index >= 15 is 0 Å². The Balaban J connectivity index is 1.80. The summed E-state index contributed by atoms with van der Waals surface area (Å²) in [6.07, 6.45) is -0.0635. The van der Waals surface area contributed by atoms with Crippen LogP contribution in [0.1, 0.15) is 50.0 Å². The molecular weight excluding hydrogens is 352 g/mol. The Morgan fingerprint density at radius 3 is 2.61 bits per heavy atom. The molecule has 0 aliphatic rings. The molecule has 1 unspecified atom stereocenters. The van der Waals surface area contributed by atoms with Crippen LogP contribution in [0.25, 0.3) is 0 Å². The second-order valence-electron chi connectivity index (χ2n) is 7.45. The highest BCUT2D eigenvalue weighted by molar-refractivity contribution is 5.66. The molecule has 0 radical (unpaired) electrons. The maximum Gasteiger partial charge on any atom is 0.422 e. The molecule has 0 aliphatic heterocycles. The number of hydrogen-bond acceptors (Lipinski definition) is 4. The van der Waals surface area contributed by atoms with Gasteiger partial charge in [-0.3, -0.25) is 5.43 Å². The van der Waals surface area contributed by atoms with Crippen LogP contribution in [-0.4, -0.2) is 23.3 Å². The molecule has 0 saturated carbocycles. The molecule has 2 aromatic carbocycles. The molecule has 2 aromatic rings. The van der Waals surface area contributed by atoms with Gasteiger partial charge in [0.05, 0.1) is 6.10 Å². The van der Waals surface area contributed by atoms with Crippen molar-refractivity contribution in [1.29, 1.82) is 0 Å². The Bertz CT molecular complexity index is 817. The van der Waals surface area contributed by atoms with E-state index in [1.165, 1.54) is 5.56 Å². The second-order valence-corrected chi connectivity index (χ2v) is 7.45. The molecule has 148 valence electrons. The van der Waals surface area contributed by atoms with Gasteiger partial charge in [-0.2, -0.15) is 0 Å². The lowest BCUT2D eigenvalue weighted by Crippen LogP contribution is -2.41. The van der Waals surface area contributed by atoms with Crippen molar-refractivity contribution >= 4 is 6.09 Å². The molecule has 0 fully saturated rings. The Kier molecular flexibility index (Phi) is 8.06. The Morgan fingerprint density at radius 2 is 1.89 bits per heavy atom. The Labute approximate surface area is 167 Å². The SMILES string of the molecule is CC(C)(C)OC(=O)NNCCC(O)c1cccc(C#CCc2ccccc2)c1. The third-order valence-electron chi connectivity index (χ3n) is 3.77. The highest BCUT2D eigenvalue weighted by Gasteiger charge is 2.15. The van der Waals surface area contributed by atoms with E-state index in [1.807, 2.05) is 54.6 Å². The van der Waals surface area contributed by atoms with Crippen LogP contribution < -0.4 is 10.9 Å². The quantitative estimate of drug-likeness (QED) is 0.406. The van der Waals surface area contributed by atoms with Gasteiger partial charge in [0.15, 0.2) is 0 Å². The van der Waals surface area contributed by atoms with E-state index in [4.69, 9.17) is 4.74 Å². The lowest BCUT2D eigenvalue weighted by molar-refractivity contribution is 0.0493. The number of amides is 1. The molecule has 1 atom stereocenters. The van der Waals surface area contributed by atoms with E-state index in [0.717, 1.165) is 11.1 Å². The normalized spacial score (nSPS) is 11.9. The highest BCUT2D eigenvalue weighted by atomic mass is 16.6. The minimum Gasteiger partial charge on any atom is -0.443 e. The van der Waals surface area contributed by atoms with Crippen molar-refractivity contribution in [3.8, 4) is 11.8 Å². The molecule has 0 bridgehead atoms. The average Bonchev–Trinajstić information content (AvgIpc) is 2.65. The first-order valence-electron chi connectivity index (χ1n) is 9.36. The first-order chi connectivity index (χ1) is 13.3. The minimum absolute atomic E-state index is 0.407. The highest BCUT2D eigenvalue weighted by Crippen LogP contribution is 2.17. The van der Waals surface area contributed by atoms with Crippen molar-refractivity contribution in [2.45, 2.75) is 45.3 Å². The van der Waals surface area contributed by atoms with Crippen molar-refractivity contribution in [3.05, 3.63) is 71.3 Å². The lowest BCUT2D eigenvalue weighted by Gasteiger charge is -2.20. The minimum atomic E-state index is -0.649. The van der Waals surface area contributed by atoms with E-state index in [0.29, 0.717) is 19.4 Å². The molecule has 0 spiro atoms. The maximum absolute atomic E-state index is 11.5. The molecule has 5 nitrogen and oxygen atoms in total. The first-order valence-corrected chi connectivity index (χ1v) is 9.36. The predicted molar refractivity (Wildman–Crippen MR) is 110 cm³/mol. The van der Waals surface area contributed by atoms with Crippen molar-refractivity contribution in [3.63, 3.8) is 0 Å². The van der Waals surface area contributed by atoms with E-state index in [9.17, 15) is 9.90 Å². The summed E-state index contributed by atoms with van der Waals surface area (Å²) in [4.78, 5) is 11.5. The van der Waals surface area contributed by atoms with Crippen molar-refractivity contribution in [2.75, 3.05) is 6.54 Å². The number of carbonyl (C=O) groups is 1. The smallest absolute Gasteiger partial charge is 0.422 e. The monoisotopic (exact) mass is 380 g/mol. The standard InChI is InChI=1S/C23H28N2O3/c1-23(2,3)28-22(27)25-24-16-15-21(26)20-14-8-13-19(17-20)12-7-11-18-9-5-4-6-10-18/h4-6,8-10,13-14,17,21,24,26H,11,15-16H2,1-3H3,(H,25,27). The van der Waals surface area contributed by atoms with Crippen LogP contribution in [0.4, 0.5) is 4.79 Å². The first kappa shape index (κ1) is 21.5. The lowest BCUT2D eigenvalue weighted by atomic mass is 10.0. The van der Waals surface area contributed by atoms with E-state index in [1.54, 1.807) is 20.8 Å². The van der Waals surface area contributed by atoms with Crippen LogP contribution >= 0.6 is 0 Å². The molecule has 28 heavy (non-hydrogen) atoms. The number of carbonyl (C=O) groups excluding carboxylic acids is 1. The number of aliphatic hydroxyl groups excluding tert-OH is 1. The number of benzene rings is 2. The largest absolute Gasteiger partial charge is 0.443 e. The van der Waals surface area contributed by atoms with Gasteiger partial charge in [0.1, 0.15) is 5.60 Å². The van der Waals surface area contributed by atoms with E-state index in [-0.39, 0.29) is 0 Å². The third-order valence-corrected chi connectivity index (χ3v) is 3.77. The van der Waals surface area contributed by atoms with Gasteiger partial charge in [0, 0.05) is 18.5 Å². The summed E-state index contributed by atoms with van der Waals surface area (Å²) < 4.78 is 5.12. The third kappa shape index (κ3) is 8.26. The van der Waals surface area contributed by atoms with Gasteiger partial charge in [-0.1, -0.05) is 54.3 Å². The zero-order chi connectivity index (χ0) is 20.4. The van der Waals surface area contributed by atoms with Crippen LogP contribution in [0.2, 0.25) is 0 Å². The molecule has 0 saturated heterocycles. The van der Waals surface area contributed by atoms with Crippen LogP contribution in [0, 0.1) is 11.8 Å². The van der Waals surface area contributed by atoms with Gasteiger partial charge in [-0.25, -0.2) is 10.2 Å². The molecule has 0 aliphatic carbocycles. The average molecular weight is 380 g/mol. The summed E-state index contributed by atoms with van der Waals surface area (Å²) in [6, 6.07) is 17.7. The van der Waals surface area contributed by atoms with Crippen LogP contribution in [0.15, 0.2) is 54.6 Å². The van der Waals surface area contributed by atoms with E-state index < -0.39 is 17.8 Å². The van der Waals surface area contributed by atoms with Crippen LogP contribution in [0.5, 0.6) is 0 Å². The molecule has 3 N–H and O–H groups in total. The second kappa shape index (κ2) is 10.5. The summed E-state index contributed by atoms with van der Waals surface area (Å²) in [7, 11) is 0. The summed E-state index contributed by atoms with van der Waals surface area (Å²) in [5.74, 6) is 6.30. The fourth-order valence-electron chi connectivity index (χ4n) is 2.48. The summed E-state index contributed by atoms with van der Waals surface area (Å²) in [6.45, 7) is 5.80. The van der Waals surface area contributed by atoms with Gasteiger partial charge in [0.2, 0.25) is 0 Å². The molecular formula is C23H28N2O3. The predicted octanol–water partition coefficient (Wildman–Crippen LogP) is 3.73. The summed E-state index contributed by atoms with van der Waals surface area (Å²) in [5.41, 5.74) is 7.51. The number of hydrogen-bond donors (Lipinski definition) is 3. The van der Waals surface area contributed by atoms with Crippen LogP contribution in [-0.2, 0) is 11.2 Å². The molecule has 5 heteroatoms. The number of ether oxygens (including phenoxy) is 1. The zero-order valence-electron chi connectivity index (χ0n) is 16.7. The van der Waals surface area contributed by atoms with Crippen molar-refractivity contribution in [2.24, 2.45) is 0 Å². The van der Waals surface area contributed by atoms with Crippen molar-refractivity contribution < 1.29 is 14.6 Å². The number of rotatable bonds is 6. The van der Waals surface area contributed by atoms with Gasteiger partial charge in [-0.05, 0) is 50.5 Å². The van der Waals surface area contributed by atoms with Crippen molar-refractivity contribution in [1.82, 2.24) is 10.9 Å². The summed E-state index contributed by atoms with van der Waals surface area (Å²) >= 11 is 0. The van der Waals surface area contributed by atoms with Gasteiger partial charge < -0.3 is 9.84 Å². The molecule has 0 heterocycles. The molecule has 2 rings (SSSR count). The van der Waals surface area contributed by atoms with Gasteiger partial charge in [0.25, 0.3) is 0 Å². The fourth-order valence-corrected chi connectivity index (χ4v) is 2.48. The fraction of sp³-hybridized carbons (Fsp3) is 0.348. The number of nitrogens with one attached hydrogen (secondary N) is 2. The number of aliphatic hydroxyl groups is 1. The topological polar surface area (TPSA) is 70.6 Å². The van der Waals surface area contributed by atoms with Gasteiger partial charge in [-0.15, -0.1) is 0 Å². The van der Waals surface area contributed by atoms with Crippen LogP contribution in [0.3, 0.4) is 0 Å². The number of hydrazine groups is 1. The van der Waals surface area contributed by atoms with Gasteiger partial charge >= 0.3 is 6.09 Å². The molecule has 0 aromatic heterocycles. The molecule has 1 amide bonds. The Hall–Kier alpha value is -2.81. The zero-order valence-corrected chi connectivity index (χ0v) is 16.7. The Morgan fingerprint density at radius 1 is 1.14 bits per heavy atom.